The molecule has 10 heavy (non-hydrogen) atoms. The average molecular weight is 144 g/mol. The van der Waals surface area contributed by atoms with Crippen LogP contribution in [0.25, 0.3) is 0 Å². The van der Waals surface area contributed by atoms with E-state index in [9.17, 15) is 4.79 Å². The predicted octanol–water partition coefficient (Wildman–Crippen LogP) is 0.885. The summed E-state index contributed by atoms with van der Waals surface area (Å²) in [5, 5.41) is 8.46. The molecule has 1 N–H and O–H groups in total. The molecule has 0 spiro atoms. The fraction of sp³-hybridized carbons (Fsp3) is 0.857. The van der Waals surface area contributed by atoms with Gasteiger partial charge in [0.2, 0.25) is 0 Å². The van der Waals surface area contributed by atoms with Crippen LogP contribution in [0, 0.1) is 5.41 Å². The summed E-state index contributed by atoms with van der Waals surface area (Å²) in [6, 6.07) is 0. The minimum atomic E-state index is -0.847. The molecule has 1 heterocycles. The van der Waals surface area contributed by atoms with Gasteiger partial charge in [0.25, 0.3) is 0 Å². The van der Waals surface area contributed by atoms with Crippen molar-refractivity contribution in [2.24, 2.45) is 5.41 Å². The third-order valence-corrected chi connectivity index (χ3v) is 1.59. The lowest BCUT2D eigenvalue weighted by molar-refractivity contribution is -0.138. The molecule has 0 aromatic carbocycles. The Morgan fingerprint density at radius 2 is 2.00 bits per heavy atom. The molecule has 0 aromatic rings. The third kappa shape index (κ3) is 1.29. The summed E-state index contributed by atoms with van der Waals surface area (Å²) in [4.78, 5) is 10.3. The molecule has 1 aliphatic heterocycles. The number of carbonyl (C=O) groups is 1. The molecule has 1 fully saturated rings. The van der Waals surface area contributed by atoms with Crippen molar-refractivity contribution in [1.29, 1.82) is 0 Å². The summed E-state index contributed by atoms with van der Waals surface area (Å²) in [7, 11) is 0. The largest absolute Gasteiger partial charge is 0.479 e. The zero-order chi connectivity index (χ0) is 7.94. The SMILES string of the molecule is CC(C)(C)[C@@H]1O[C@@H]1C(=O)O. The molecule has 3 nitrogen and oxygen atoms in total. The number of hydrogen-bond acceptors (Lipinski definition) is 2. The highest BCUT2D eigenvalue weighted by molar-refractivity contribution is 5.75. The molecule has 0 radical (unpaired) electrons. The Morgan fingerprint density at radius 3 is 2.10 bits per heavy atom. The Kier molecular flexibility index (Phi) is 1.47. The lowest BCUT2D eigenvalue weighted by Crippen LogP contribution is -2.20. The number of hydrogen-bond donors (Lipinski definition) is 1. The van der Waals surface area contributed by atoms with Gasteiger partial charge in [-0.05, 0) is 5.41 Å². The minimum absolute atomic E-state index is 0.0386. The van der Waals surface area contributed by atoms with Crippen LogP contribution < -0.4 is 0 Å². The van der Waals surface area contributed by atoms with Gasteiger partial charge in [-0.25, -0.2) is 4.79 Å². The third-order valence-electron chi connectivity index (χ3n) is 1.59. The van der Waals surface area contributed by atoms with Gasteiger partial charge < -0.3 is 9.84 Å². The maximum Gasteiger partial charge on any atom is 0.335 e. The van der Waals surface area contributed by atoms with Crippen LogP contribution in [0.5, 0.6) is 0 Å². The lowest BCUT2D eigenvalue weighted by Gasteiger charge is -2.13. The Morgan fingerprint density at radius 1 is 1.50 bits per heavy atom. The Bertz CT molecular complexity index is 157. The van der Waals surface area contributed by atoms with E-state index in [4.69, 9.17) is 9.84 Å². The quantitative estimate of drug-likeness (QED) is 0.556. The van der Waals surface area contributed by atoms with Crippen LogP contribution in [0.2, 0.25) is 0 Å². The average Bonchev–Trinajstić information content (AvgIpc) is 2.35. The van der Waals surface area contributed by atoms with Gasteiger partial charge in [0, 0.05) is 0 Å². The number of rotatable bonds is 1. The maximum absolute atomic E-state index is 10.3. The van der Waals surface area contributed by atoms with Gasteiger partial charge >= 0.3 is 5.97 Å². The molecule has 1 rings (SSSR count). The molecule has 3 heteroatoms. The lowest BCUT2D eigenvalue weighted by atomic mass is 9.90. The van der Waals surface area contributed by atoms with Crippen molar-refractivity contribution < 1.29 is 14.6 Å². The zero-order valence-corrected chi connectivity index (χ0v) is 6.42. The van der Waals surface area contributed by atoms with Crippen molar-refractivity contribution in [2.75, 3.05) is 0 Å². The number of aliphatic carboxylic acids is 1. The van der Waals surface area contributed by atoms with Crippen molar-refractivity contribution >= 4 is 5.97 Å². The van der Waals surface area contributed by atoms with Gasteiger partial charge in [-0.3, -0.25) is 0 Å². The zero-order valence-electron chi connectivity index (χ0n) is 6.42. The van der Waals surface area contributed by atoms with Crippen LogP contribution in [0.1, 0.15) is 20.8 Å². The Hall–Kier alpha value is -0.570. The highest BCUT2D eigenvalue weighted by atomic mass is 16.6. The second kappa shape index (κ2) is 1.95. The maximum atomic E-state index is 10.3. The first-order valence-corrected chi connectivity index (χ1v) is 3.31. The topological polar surface area (TPSA) is 49.8 Å². The molecule has 1 saturated heterocycles. The molecule has 0 unspecified atom stereocenters. The summed E-state index contributed by atoms with van der Waals surface area (Å²) in [5.74, 6) is -0.847. The molecule has 0 saturated carbocycles. The fourth-order valence-electron chi connectivity index (χ4n) is 0.959. The molecule has 0 amide bonds. The second-order valence-electron chi connectivity index (χ2n) is 3.68. The Balaban J connectivity index is 2.46. The van der Waals surface area contributed by atoms with Crippen molar-refractivity contribution in [2.45, 2.75) is 33.0 Å². The van der Waals surface area contributed by atoms with Crippen molar-refractivity contribution in [3.05, 3.63) is 0 Å². The van der Waals surface area contributed by atoms with Crippen LogP contribution in [0.15, 0.2) is 0 Å². The fourth-order valence-corrected chi connectivity index (χ4v) is 0.959. The molecular formula is C7H12O3. The first kappa shape index (κ1) is 7.54. The highest BCUT2D eigenvalue weighted by Gasteiger charge is 2.51. The van der Waals surface area contributed by atoms with Crippen LogP contribution in [-0.2, 0) is 9.53 Å². The summed E-state index contributed by atoms with van der Waals surface area (Å²) in [6.07, 6.45) is -0.648. The van der Waals surface area contributed by atoms with E-state index < -0.39 is 12.1 Å². The first-order valence-electron chi connectivity index (χ1n) is 3.31. The molecule has 0 aromatic heterocycles. The van der Waals surface area contributed by atoms with Crippen molar-refractivity contribution in [1.82, 2.24) is 0 Å². The summed E-state index contributed by atoms with van der Waals surface area (Å²) >= 11 is 0. The summed E-state index contributed by atoms with van der Waals surface area (Å²) in [5.41, 5.74) is -0.0386. The number of ether oxygens (including phenoxy) is 1. The second-order valence-corrected chi connectivity index (χ2v) is 3.68. The number of carboxylic acids is 1. The van der Waals surface area contributed by atoms with Crippen LogP contribution in [0.4, 0.5) is 0 Å². The van der Waals surface area contributed by atoms with E-state index in [0.29, 0.717) is 0 Å². The monoisotopic (exact) mass is 144 g/mol. The van der Waals surface area contributed by atoms with E-state index in [1.165, 1.54) is 0 Å². The van der Waals surface area contributed by atoms with E-state index in [-0.39, 0.29) is 11.5 Å². The van der Waals surface area contributed by atoms with Gasteiger partial charge in [-0.2, -0.15) is 0 Å². The predicted molar refractivity (Wildman–Crippen MR) is 35.8 cm³/mol. The van der Waals surface area contributed by atoms with Gasteiger partial charge in [-0.15, -0.1) is 0 Å². The van der Waals surface area contributed by atoms with Crippen LogP contribution in [-0.4, -0.2) is 23.3 Å². The molecule has 0 bridgehead atoms. The standard InChI is InChI=1S/C7H12O3/c1-7(2,3)5-4(10-5)6(8)9/h4-5H,1-3H3,(H,8,9)/t4-,5+/m0/s1. The highest BCUT2D eigenvalue weighted by Crippen LogP contribution is 2.37. The van der Waals surface area contributed by atoms with Crippen molar-refractivity contribution in [3.8, 4) is 0 Å². The van der Waals surface area contributed by atoms with E-state index in [1.807, 2.05) is 20.8 Å². The van der Waals surface area contributed by atoms with Crippen LogP contribution in [0.3, 0.4) is 0 Å². The summed E-state index contributed by atoms with van der Waals surface area (Å²) < 4.78 is 4.94. The number of carboxylic acid groups (broad SMARTS) is 1. The molecule has 0 aliphatic carbocycles. The molecule has 58 valence electrons. The number of epoxide rings is 1. The van der Waals surface area contributed by atoms with Crippen molar-refractivity contribution in [3.63, 3.8) is 0 Å². The van der Waals surface area contributed by atoms with E-state index in [2.05, 4.69) is 0 Å². The molecule has 1 aliphatic rings. The normalized spacial score (nSPS) is 31.9. The van der Waals surface area contributed by atoms with Gasteiger partial charge in [-0.1, -0.05) is 20.8 Å². The molecular weight excluding hydrogens is 132 g/mol. The Labute approximate surface area is 60.0 Å². The molecule has 2 atom stereocenters. The van der Waals surface area contributed by atoms with E-state index in [1.54, 1.807) is 0 Å². The minimum Gasteiger partial charge on any atom is -0.479 e. The summed E-state index contributed by atoms with van der Waals surface area (Å²) in [6.45, 7) is 5.92. The smallest absolute Gasteiger partial charge is 0.335 e. The van der Waals surface area contributed by atoms with E-state index in [0.717, 1.165) is 0 Å². The van der Waals surface area contributed by atoms with Gasteiger partial charge in [0.1, 0.15) is 6.10 Å². The van der Waals surface area contributed by atoms with Gasteiger partial charge in [0.15, 0.2) is 6.10 Å². The first-order chi connectivity index (χ1) is 4.43. The van der Waals surface area contributed by atoms with E-state index >= 15 is 0 Å². The van der Waals surface area contributed by atoms with Crippen LogP contribution >= 0.6 is 0 Å². The van der Waals surface area contributed by atoms with Gasteiger partial charge in [0.05, 0.1) is 0 Å².